The Labute approximate surface area is 216 Å². The lowest BCUT2D eigenvalue weighted by Gasteiger charge is -2.32. The van der Waals surface area contributed by atoms with Gasteiger partial charge in [0.1, 0.15) is 6.61 Å². The molecule has 5 rings (SSSR count). The first-order valence-corrected chi connectivity index (χ1v) is 13.1. The zero-order chi connectivity index (χ0) is 25.5. The van der Waals surface area contributed by atoms with Crippen LogP contribution in [-0.4, -0.2) is 57.6 Å². The maximum Gasteiger partial charge on any atom is 0.248 e. The van der Waals surface area contributed by atoms with Gasteiger partial charge in [0, 0.05) is 43.0 Å². The molecule has 37 heavy (non-hydrogen) atoms. The number of benzene rings is 1. The van der Waals surface area contributed by atoms with Gasteiger partial charge in [0.2, 0.25) is 23.5 Å². The van der Waals surface area contributed by atoms with Gasteiger partial charge in [0.05, 0.1) is 12.5 Å². The second-order valence-corrected chi connectivity index (χ2v) is 9.81. The van der Waals surface area contributed by atoms with Crippen molar-refractivity contribution in [1.29, 1.82) is 0 Å². The average molecular weight is 504 g/mol. The highest BCUT2D eigenvalue weighted by atomic mass is 16.5. The first kappa shape index (κ1) is 25.1. The van der Waals surface area contributed by atoms with Crippen LogP contribution in [0.4, 0.5) is 0 Å². The highest BCUT2D eigenvalue weighted by Crippen LogP contribution is 2.41. The van der Waals surface area contributed by atoms with Gasteiger partial charge in [0.15, 0.2) is 0 Å². The fraction of sp³-hybridized carbons (Fsp3) is 0.464. The fourth-order valence-electron chi connectivity index (χ4n) is 5.35. The smallest absolute Gasteiger partial charge is 0.248 e. The van der Waals surface area contributed by atoms with Gasteiger partial charge in [-0.25, -0.2) is 0 Å². The van der Waals surface area contributed by atoms with E-state index in [0.29, 0.717) is 44.3 Å². The van der Waals surface area contributed by atoms with Crippen molar-refractivity contribution in [2.75, 3.05) is 19.7 Å². The molecule has 194 valence electrons. The summed E-state index contributed by atoms with van der Waals surface area (Å²) >= 11 is 0. The van der Waals surface area contributed by atoms with Crippen LogP contribution in [0, 0.1) is 5.92 Å². The van der Waals surface area contributed by atoms with Crippen LogP contribution in [0.15, 0.2) is 59.4 Å². The molecule has 3 unspecified atom stereocenters. The quantitative estimate of drug-likeness (QED) is 0.546. The summed E-state index contributed by atoms with van der Waals surface area (Å²) in [6.45, 7) is 1.62. The van der Waals surface area contributed by atoms with Crippen molar-refractivity contribution in [3.8, 4) is 11.4 Å². The molecule has 3 atom stereocenters. The molecule has 2 amide bonds. The minimum atomic E-state index is -0.338. The Kier molecular flexibility index (Phi) is 8.20. The fourth-order valence-corrected chi connectivity index (χ4v) is 5.35. The molecule has 1 N–H and O–H groups in total. The molecule has 1 aromatic carbocycles. The summed E-state index contributed by atoms with van der Waals surface area (Å²) in [6, 6.07) is 13.3. The summed E-state index contributed by atoms with van der Waals surface area (Å²) < 4.78 is 11.4. The molecule has 3 aromatic rings. The Hall–Kier alpha value is -3.59. The Morgan fingerprint density at radius 2 is 1.95 bits per heavy atom. The summed E-state index contributed by atoms with van der Waals surface area (Å²) in [5.74, 6) is 0.435. The first-order chi connectivity index (χ1) is 18.2. The molecule has 9 heteroatoms. The zero-order valence-corrected chi connectivity index (χ0v) is 20.9. The van der Waals surface area contributed by atoms with E-state index >= 15 is 0 Å². The summed E-state index contributed by atoms with van der Waals surface area (Å²) in [6.07, 6.45) is 8.43. The number of aromatic nitrogens is 3. The van der Waals surface area contributed by atoms with Crippen LogP contribution >= 0.6 is 0 Å². The lowest BCUT2D eigenvalue weighted by atomic mass is 10.00. The molecule has 3 heterocycles. The second-order valence-electron chi connectivity index (χ2n) is 9.81. The molecule has 2 aromatic heterocycles. The third-order valence-electron chi connectivity index (χ3n) is 7.26. The van der Waals surface area contributed by atoms with E-state index in [1.807, 2.05) is 47.4 Å². The Balaban J connectivity index is 1.33. The summed E-state index contributed by atoms with van der Waals surface area (Å²) in [5.41, 5.74) is 1.79. The standard InChI is InChI=1S/C28H33N5O4/c34-25(19-36-18-20-9-4-3-5-10-20)33-14-7-2-1-6-13-30-27(35)23-15-22(16-24(23)33)28-31-26(32-37-28)21-11-8-12-29-17-21/h3-5,8-12,17,22-24H,1-2,6-7,13-16,18-19H2,(H,30,35). The van der Waals surface area contributed by atoms with E-state index in [2.05, 4.69) is 20.4 Å². The van der Waals surface area contributed by atoms with Crippen LogP contribution in [-0.2, 0) is 20.9 Å². The maximum atomic E-state index is 13.4. The predicted octanol–water partition coefficient (Wildman–Crippen LogP) is 3.73. The number of carbonyl (C=O) groups is 2. The number of ether oxygens (including phenoxy) is 1. The third-order valence-corrected chi connectivity index (χ3v) is 7.26. The molecule has 1 saturated carbocycles. The van der Waals surface area contributed by atoms with Crippen LogP contribution in [0.3, 0.4) is 0 Å². The number of pyridine rings is 1. The molecule has 0 spiro atoms. The number of nitrogens with zero attached hydrogens (tertiary/aromatic N) is 4. The van der Waals surface area contributed by atoms with Crippen molar-refractivity contribution in [3.63, 3.8) is 0 Å². The molecule has 9 nitrogen and oxygen atoms in total. The molecule has 0 bridgehead atoms. The number of amides is 2. The van der Waals surface area contributed by atoms with Gasteiger partial charge in [-0.2, -0.15) is 4.98 Å². The van der Waals surface area contributed by atoms with Gasteiger partial charge in [-0.1, -0.05) is 48.3 Å². The normalized spacial score (nSPS) is 22.6. The number of hydrogen-bond acceptors (Lipinski definition) is 7. The van der Waals surface area contributed by atoms with Crippen LogP contribution in [0.2, 0.25) is 0 Å². The van der Waals surface area contributed by atoms with Gasteiger partial charge in [-0.3, -0.25) is 14.6 Å². The van der Waals surface area contributed by atoms with E-state index in [1.165, 1.54) is 0 Å². The number of carbonyl (C=O) groups excluding carboxylic acids is 2. The van der Waals surface area contributed by atoms with E-state index in [-0.39, 0.29) is 36.3 Å². The Bertz CT molecular complexity index is 1170. The molecular formula is C28H33N5O4. The lowest BCUT2D eigenvalue weighted by molar-refractivity contribution is -0.141. The van der Waals surface area contributed by atoms with E-state index in [4.69, 9.17) is 9.26 Å². The number of nitrogens with one attached hydrogen (secondary N) is 1. The molecule has 2 fully saturated rings. The molecule has 0 radical (unpaired) electrons. The van der Waals surface area contributed by atoms with Crippen LogP contribution < -0.4 is 5.32 Å². The van der Waals surface area contributed by atoms with E-state index < -0.39 is 0 Å². The number of fused-ring (bicyclic) bond motifs is 1. The minimum Gasteiger partial charge on any atom is -0.367 e. The maximum absolute atomic E-state index is 13.4. The van der Waals surface area contributed by atoms with Gasteiger partial charge in [-0.15, -0.1) is 0 Å². The summed E-state index contributed by atoms with van der Waals surface area (Å²) in [4.78, 5) is 37.3. The van der Waals surface area contributed by atoms with Gasteiger partial charge >= 0.3 is 0 Å². The summed E-state index contributed by atoms with van der Waals surface area (Å²) in [5, 5.41) is 7.24. The van der Waals surface area contributed by atoms with E-state index in [0.717, 1.165) is 36.8 Å². The average Bonchev–Trinajstić information content (AvgIpc) is 3.59. The highest BCUT2D eigenvalue weighted by molar-refractivity contribution is 5.82. The first-order valence-electron chi connectivity index (χ1n) is 13.1. The topological polar surface area (TPSA) is 110 Å². The van der Waals surface area contributed by atoms with Gasteiger partial charge < -0.3 is 19.5 Å². The second kappa shape index (κ2) is 12.1. The lowest BCUT2D eigenvalue weighted by Crippen LogP contribution is -2.48. The van der Waals surface area contributed by atoms with Crippen molar-refractivity contribution in [2.24, 2.45) is 5.92 Å². The van der Waals surface area contributed by atoms with Crippen molar-refractivity contribution in [3.05, 3.63) is 66.3 Å². The highest BCUT2D eigenvalue weighted by Gasteiger charge is 2.45. The monoisotopic (exact) mass is 503 g/mol. The summed E-state index contributed by atoms with van der Waals surface area (Å²) in [7, 11) is 0. The molecular weight excluding hydrogens is 470 g/mol. The zero-order valence-electron chi connectivity index (χ0n) is 20.9. The van der Waals surface area contributed by atoms with Gasteiger partial charge in [-0.05, 0) is 43.4 Å². The van der Waals surface area contributed by atoms with E-state index in [1.54, 1.807) is 12.4 Å². The van der Waals surface area contributed by atoms with Crippen LogP contribution in [0.5, 0.6) is 0 Å². The number of hydrogen-bond donors (Lipinski definition) is 1. The SMILES string of the molecule is O=C1NCCCCCCN(C(=O)COCc2ccccc2)C2CC(c3nc(-c4cccnc4)no3)CC12. The third kappa shape index (κ3) is 6.22. The molecule has 1 aliphatic carbocycles. The molecule has 1 aliphatic heterocycles. The predicted molar refractivity (Wildman–Crippen MR) is 136 cm³/mol. The Morgan fingerprint density at radius 1 is 1.08 bits per heavy atom. The molecule has 1 saturated heterocycles. The van der Waals surface area contributed by atoms with Crippen molar-refractivity contribution < 1.29 is 18.8 Å². The Morgan fingerprint density at radius 3 is 2.78 bits per heavy atom. The number of rotatable bonds is 6. The van der Waals surface area contributed by atoms with Crippen molar-refractivity contribution in [2.45, 2.75) is 57.1 Å². The van der Waals surface area contributed by atoms with Crippen molar-refractivity contribution in [1.82, 2.24) is 25.3 Å². The molecule has 2 aliphatic rings. The van der Waals surface area contributed by atoms with Crippen LogP contribution in [0.1, 0.15) is 55.9 Å². The van der Waals surface area contributed by atoms with Crippen LogP contribution in [0.25, 0.3) is 11.4 Å². The van der Waals surface area contributed by atoms with E-state index in [9.17, 15) is 9.59 Å². The van der Waals surface area contributed by atoms with Crippen molar-refractivity contribution >= 4 is 11.8 Å². The minimum absolute atomic E-state index is 0.00981. The van der Waals surface area contributed by atoms with Gasteiger partial charge in [0.25, 0.3) is 0 Å². The largest absolute Gasteiger partial charge is 0.367 e.